The maximum Gasteiger partial charge on any atom is 0.137 e. The van der Waals surface area contributed by atoms with E-state index >= 15 is 0 Å². The quantitative estimate of drug-likeness (QED) is 0.827. The summed E-state index contributed by atoms with van der Waals surface area (Å²) in [6.45, 7) is 5.23. The van der Waals surface area contributed by atoms with Crippen molar-refractivity contribution in [1.29, 1.82) is 0 Å². The fourth-order valence-corrected chi connectivity index (χ4v) is 2.98. The molecule has 1 heterocycles. The summed E-state index contributed by atoms with van der Waals surface area (Å²) in [4.78, 5) is 2.46. The molecule has 0 saturated carbocycles. The summed E-state index contributed by atoms with van der Waals surface area (Å²) in [7, 11) is 0. The van der Waals surface area contributed by atoms with Crippen molar-refractivity contribution in [3.05, 3.63) is 71.8 Å². The molecule has 104 valence electrons. The average molecular weight is 267 g/mol. The molecule has 1 aliphatic rings. The molecule has 0 spiro atoms. The van der Waals surface area contributed by atoms with Crippen LogP contribution in [0.5, 0.6) is 0 Å². The van der Waals surface area contributed by atoms with E-state index in [1.807, 2.05) is 6.07 Å². The van der Waals surface area contributed by atoms with Gasteiger partial charge in [-0.25, -0.2) is 0 Å². The first kappa shape index (κ1) is 13.3. The van der Waals surface area contributed by atoms with E-state index in [0.717, 1.165) is 6.61 Å². The molecule has 0 aromatic heterocycles. The maximum absolute atomic E-state index is 6.11. The van der Waals surface area contributed by atoms with Crippen LogP contribution in [0.4, 0.5) is 0 Å². The summed E-state index contributed by atoms with van der Waals surface area (Å²) in [6.07, 6.45) is 0.0569. The molecule has 0 unspecified atom stereocenters. The van der Waals surface area contributed by atoms with Crippen LogP contribution in [0.25, 0.3) is 0 Å². The van der Waals surface area contributed by atoms with Crippen LogP contribution in [0.1, 0.15) is 37.2 Å². The Morgan fingerprint density at radius 3 is 2.00 bits per heavy atom. The summed E-state index contributed by atoms with van der Waals surface area (Å²) in [5.41, 5.74) is 2.57. The van der Waals surface area contributed by atoms with Gasteiger partial charge in [0.15, 0.2) is 0 Å². The van der Waals surface area contributed by atoms with Crippen molar-refractivity contribution in [3.63, 3.8) is 0 Å². The Morgan fingerprint density at radius 2 is 1.45 bits per heavy atom. The topological polar surface area (TPSA) is 12.5 Å². The highest BCUT2D eigenvalue weighted by Crippen LogP contribution is 2.39. The molecule has 2 atom stereocenters. The molecule has 2 aromatic rings. The number of nitrogens with zero attached hydrogens (tertiary/aromatic N) is 1. The van der Waals surface area contributed by atoms with Gasteiger partial charge in [0.25, 0.3) is 0 Å². The van der Waals surface area contributed by atoms with Gasteiger partial charge in [0.1, 0.15) is 6.23 Å². The zero-order chi connectivity index (χ0) is 13.9. The van der Waals surface area contributed by atoms with E-state index in [4.69, 9.17) is 4.74 Å². The van der Waals surface area contributed by atoms with E-state index in [2.05, 4.69) is 73.3 Å². The van der Waals surface area contributed by atoms with E-state index in [1.54, 1.807) is 0 Å². The number of hydrogen-bond donors (Lipinski definition) is 0. The summed E-state index contributed by atoms with van der Waals surface area (Å²) in [6, 6.07) is 21.9. The van der Waals surface area contributed by atoms with Crippen LogP contribution in [0.2, 0.25) is 0 Å². The minimum atomic E-state index is 0.0569. The summed E-state index contributed by atoms with van der Waals surface area (Å²) >= 11 is 0. The van der Waals surface area contributed by atoms with Crippen molar-refractivity contribution >= 4 is 0 Å². The zero-order valence-electron chi connectivity index (χ0n) is 12.1. The van der Waals surface area contributed by atoms with Gasteiger partial charge < -0.3 is 4.74 Å². The lowest BCUT2D eigenvalue weighted by atomic mass is 10.0. The molecule has 3 rings (SSSR count). The number of hydrogen-bond acceptors (Lipinski definition) is 2. The lowest BCUT2D eigenvalue weighted by molar-refractivity contribution is 0.0125. The van der Waals surface area contributed by atoms with Gasteiger partial charge in [0, 0.05) is 6.04 Å². The number of benzene rings is 2. The molecule has 0 N–H and O–H groups in total. The molecule has 1 saturated heterocycles. The molecule has 20 heavy (non-hydrogen) atoms. The zero-order valence-corrected chi connectivity index (χ0v) is 12.1. The van der Waals surface area contributed by atoms with Gasteiger partial charge in [-0.1, -0.05) is 60.7 Å². The monoisotopic (exact) mass is 267 g/mol. The van der Waals surface area contributed by atoms with Crippen molar-refractivity contribution in [1.82, 2.24) is 4.90 Å². The van der Waals surface area contributed by atoms with Gasteiger partial charge in [-0.3, -0.25) is 4.90 Å². The van der Waals surface area contributed by atoms with Gasteiger partial charge in [-0.15, -0.1) is 0 Å². The third-order valence-electron chi connectivity index (χ3n) is 3.91. The van der Waals surface area contributed by atoms with Crippen LogP contribution in [0.3, 0.4) is 0 Å². The Bertz CT molecular complexity index is 490. The van der Waals surface area contributed by atoms with Gasteiger partial charge in [0.05, 0.1) is 12.6 Å². The first-order valence-electron chi connectivity index (χ1n) is 7.26. The third kappa shape index (κ3) is 2.49. The van der Waals surface area contributed by atoms with Crippen LogP contribution in [-0.2, 0) is 4.74 Å². The smallest absolute Gasteiger partial charge is 0.137 e. The minimum absolute atomic E-state index is 0.0569. The molecule has 0 amide bonds. The SMILES string of the molecule is CC(C)N1[C@@H](c2ccccc2)OC[C@H]1c1ccccc1. The number of ether oxygens (including phenoxy) is 1. The fraction of sp³-hybridized carbons (Fsp3) is 0.333. The molecule has 0 aliphatic carbocycles. The molecule has 1 fully saturated rings. The van der Waals surface area contributed by atoms with Gasteiger partial charge in [-0.2, -0.15) is 0 Å². The van der Waals surface area contributed by atoms with Crippen LogP contribution < -0.4 is 0 Å². The highest BCUT2D eigenvalue weighted by molar-refractivity contribution is 5.24. The highest BCUT2D eigenvalue weighted by atomic mass is 16.5. The Labute approximate surface area is 121 Å². The van der Waals surface area contributed by atoms with E-state index in [0.29, 0.717) is 12.1 Å². The van der Waals surface area contributed by atoms with Crippen molar-refractivity contribution in [2.45, 2.75) is 32.2 Å². The maximum atomic E-state index is 6.11. The van der Waals surface area contributed by atoms with Crippen LogP contribution in [0, 0.1) is 0 Å². The normalized spacial score (nSPS) is 23.4. The highest BCUT2D eigenvalue weighted by Gasteiger charge is 2.37. The van der Waals surface area contributed by atoms with Crippen molar-refractivity contribution in [2.24, 2.45) is 0 Å². The second-order valence-corrected chi connectivity index (χ2v) is 5.56. The van der Waals surface area contributed by atoms with E-state index < -0.39 is 0 Å². The molecular weight excluding hydrogens is 246 g/mol. The Balaban J connectivity index is 1.92. The fourth-order valence-electron chi connectivity index (χ4n) is 2.98. The molecule has 2 aromatic carbocycles. The van der Waals surface area contributed by atoms with Gasteiger partial charge >= 0.3 is 0 Å². The minimum Gasteiger partial charge on any atom is -0.357 e. The summed E-state index contributed by atoms with van der Waals surface area (Å²) < 4.78 is 6.11. The van der Waals surface area contributed by atoms with Gasteiger partial charge in [-0.05, 0) is 25.0 Å². The molecule has 0 bridgehead atoms. The first-order valence-corrected chi connectivity index (χ1v) is 7.26. The van der Waals surface area contributed by atoms with Gasteiger partial charge in [0.2, 0.25) is 0 Å². The summed E-state index contributed by atoms with van der Waals surface area (Å²) in [5.74, 6) is 0. The molecule has 2 heteroatoms. The van der Waals surface area contributed by atoms with Crippen LogP contribution >= 0.6 is 0 Å². The molecule has 0 radical (unpaired) electrons. The first-order chi connectivity index (χ1) is 9.77. The van der Waals surface area contributed by atoms with Crippen molar-refractivity contribution < 1.29 is 4.74 Å². The number of rotatable bonds is 3. The lowest BCUT2D eigenvalue weighted by Crippen LogP contribution is -2.33. The molecular formula is C18H21NO. The second-order valence-electron chi connectivity index (χ2n) is 5.56. The second kappa shape index (κ2) is 5.78. The van der Waals surface area contributed by atoms with E-state index in [-0.39, 0.29) is 6.23 Å². The van der Waals surface area contributed by atoms with E-state index in [1.165, 1.54) is 11.1 Å². The molecule has 1 aliphatic heterocycles. The largest absolute Gasteiger partial charge is 0.357 e. The lowest BCUT2D eigenvalue weighted by Gasteiger charge is -2.32. The average Bonchev–Trinajstić information content (AvgIpc) is 2.94. The van der Waals surface area contributed by atoms with E-state index in [9.17, 15) is 0 Å². The van der Waals surface area contributed by atoms with Crippen molar-refractivity contribution in [3.8, 4) is 0 Å². The predicted octanol–water partition coefficient (Wildman–Crippen LogP) is 4.17. The Hall–Kier alpha value is -1.64. The third-order valence-corrected chi connectivity index (χ3v) is 3.91. The Morgan fingerprint density at radius 1 is 0.900 bits per heavy atom. The van der Waals surface area contributed by atoms with Crippen molar-refractivity contribution in [2.75, 3.05) is 6.61 Å². The Kier molecular flexibility index (Phi) is 3.86. The summed E-state index contributed by atoms with van der Waals surface area (Å²) in [5, 5.41) is 0. The van der Waals surface area contributed by atoms with Crippen LogP contribution in [0.15, 0.2) is 60.7 Å². The standard InChI is InChI=1S/C18H21NO/c1-14(2)19-17(15-9-5-3-6-10-15)13-20-18(19)16-11-7-4-8-12-16/h3-12,14,17-18H,13H2,1-2H3/t17-,18+/m0/s1. The molecule has 2 nitrogen and oxygen atoms in total. The predicted molar refractivity (Wildman–Crippen MR) is 81.3 cm³/mol. The van der Waals surface area contributed by atoms with Crippen LogP contribution in [-0.4, -0.2) is 17.5 Å².